The third-order valence-corrected chi connectivity index (χ3v) is 4.27. The second kappa shape index (κ2) is 5.17. The number of aryl methyl sites for hydroxylation is 2. The molecule has 19 heavy (non-hydrogen) atoms. The number of nitrogens with zero attached hydrogens (tertiary/aromatic N) is 2. The number of fused-ring (bicyclic) bond motifs is 1. The number of benzene rings is 1. The maximum atomic E-state index is 6.37. The van der Waals surface area contributed by atoms with Crippen molar-refractivity contribution in [2.24, 2.45) is 12.8 Å². The van der Waals surface area contributed by atoms with Crippen LogP contribution in [0.1, 0.15) is 48.0 Å². The molecule has 2 aromatic rings. The van der Waals surface area contributed by atoms with E-state index in [0.29, 0.717) is 5.92 Å². The lowest BCUT2D eigenvalue weighted by Crippen LogP contribution is -2.19. The van der Waals surface area contributed by atoms with Crippen LogP contribution in [-0.2, 0) is 13.5 Å². The van der Waals surface area contributed by atoms with E-state index in [-0.39, 0.29) is 6.04 Å². The van der Waals surface area contributed by atoms with Crippen LogP contribution in [0.5, 0.6) is 0 Å². The first-order chi connectivity index (χ1) is 9.25. The molecule has 0 saturated carbocycles. The van der Waals surface area contributed by atoms with Gasteiger partial charge in [0.25, 0.3) is 0 Å². The molecule has 100 valence electrons. The molecule has 0 bridgehead atoms. The van der Waals surface area contributed by atoms with Gasteiger partial charge in [0.05, 0.1) is 12.0 Å². The number of nitrogens with two attached hydrogens (primary N) is 1. The first kappa shape index (κ1) is 12.4. The van der Waals surface area contributed by atoms with Crippen molar-refractivity contribution in [2.75, 3.05) is 0 Å². The Morgan fingerprint density at radius 3 is 3.05 bits per heavy atom. The first-order valence-corrected chi connectivity index (χ1v) is 7.05. The van der Waals surface area contributed by atoms with Gasteiger partial charge in [-0.1, -0.05) is 24.3 Å². The summed E-state index contributed by atoms with van der Waals surface area (Å²) in [5.41, 5.74) is 10.5. The van der Waals surface area contributed by atoms with Gasteiger partial charge in [-0.3, -0.25) is 0 Å². The maximum Gasteiger partial charge on any atom is 0.0946 e. The largest absolute Gasteiger partial charge is 0.336 e. The highest BCUT2D eigenvalue weighted by atomic mass is 15.0. The molecule has 1 aromatic carbocycles. The Morgan fingerprint density at radius 2 is 2.26 bits per heavy atom. The average molecular weight is 255 g/mol. The maximum absolute atomic E-state index is 6.37. The Kier molecular flexibility index (Phi) is 3.38. The summed E-state index contributed by atoms with van der Waals surface area (Å²) in [5, 5.41) is 0. The molecule has 2 N–H and O–H groups in total. The summed E-state index contributed by atoms with van der Waals surface area (Å²) >= 11 is 0. The summed E-state index contributed by atoms with van der Waals surface area (Å²) in [7, 11) is 2.01. The molecule has 1 aromatic heterocycles. The molecule has 3 heteroatoms. The minimum absolute atomic E-state index is 0.0728. The van der Waals surface area contributed by atoms with E-state index in [1.54, 1.807) is 0 Å². The van der Waals surface area contributed by atoms with Gasteiger partial charge < -0.3 is 10.3 Å². The van der Waals surface area contributed by atoms with E-state index in [1.165, 1.54) is 30.4 Å². The summed E-state index contributed by atoms with van der Waals surface area (Å²) in [6, 6.07) is 8.89. The van der Waals surface area contributed by atoms with E-state index in [0.717, 1.165) is 12.1 Å². The van der Waals surface area contributed by atoms with E-state index in [1.807, 2.05) is 24.1 Å². The second-order valence-electron chi connectivity index (χ2n) is 5.56. The SMILES string of the molecule is Cn1cncc1C(N)CC1CCCc2ccccc21. The van der Waals surface area contributed by atoms with E-state index in [4.69, 9.17) is 5.73 Å². The molecular formula is C16H21N3. The molecule has 1 heterocycles. The predicted octanol–water partition coefficient (Wildman–Crippen LogP) is 2.93. The van der Waals surface area contributed by atoms with E-state index >= 15 is 0 Å². The van der Waals surface area contributed by atoms with Gasteiger partial charge in [0.1, 0.15) is 0 Å². The highest BCUT2D eigenvalue weighted by molar-refractivity contribution is 5.32. The predicted molar refractivity (Wildman–Crippen MR) is 76.9 cm³/mol. The van der Waals surface area contributed by atoms with Crippen LogP contribution in [0, 0.1) is 0 Å². The Morgan fingerprint density at radius 1 is 1.42 bits per heavy atom. The summed E-state index contributed by atoms with van der Waals surface area (Å²) in [5.74, 6) is 0.592. The molecule has 3 nitrogen and oxygen atoms in total. The number of rotatable bonds is 3. The van der Waals surface area contributed by atoms with Crippen LogP contribution in [0.3, 0.4) is 0 Å². The number of hydrogen-bond acceptors (Lipinski definition) is 2. The minimum Gasteiger partial charge on any atom is -0.336 e. The lowest BCUT2D eigenvalue weighted by molar-refractivity contribution is 0.466. The molecular weight excluding hydrogens is 234 g/mol. The quantitative estimate of drug-likeness (QED) is 0.916. The van der Waals surface area contributed by atoms with Crippen LogP contribution in [-0.4, -0.2) is 9.55 Å². The average Bonchev–Trinajstić information content (AvgIpc) is 2.85. The van der Waals surface area contributed by atoms with Crippen molar-refractivity contribution < 1.29 is 0 Å². The molecule has 1 aliphatic carbocycles. The number of hydrogen-bond donors (Lipinski definition) is 1. The molecule has 0 amide bonds. The van der Waals surface area contributed by atoms with Gasteiger partial charge in [0, 0.05) is 19.3 Å². The van der Waals surface area contributed by atoms with Crippen molar-refractivity contribution in [1.29, 1.82) is 0 Å². The summed E-state index contributed by atoms with van der Waals surface area (Å²) in [6.45, 7) is 0. The molecule has 2 atom stereocenters. The number of imidazole rings is 1. The monoisotopic (exact) mass is 255 g/mol. The van der Waals surface area contributed by atoms with Crippen LogP contribution in [0.15, 0.2) is 36.8 Å². The molecule has 0 aliphatic heterocycles. The zero-order valence-corrected chi connectivity index (χ0v) is 11.4. The topological polar surface area (TPSA) is 43.8 Å². The fraction of sp³-hybridized carbons (Fsp3) is 0.438. The van der Waals surface area contributed by atoms with Crippen LogP contribution in [0.2, 0.25) is 0 Å². The Hall–Kier alpha value is -1.61. The first-order valence-electron chi connectivity index (χ1n) is 7.05. The molecule has 0 fully saturated rings. The van der Waals surface area contributed by atoms with Crippen molar-refractivity contribution in [3.63, 3.8) is 0 Å². The molecule has 3 rings (SSSR count). The molecule has 2 unspecified atom stereocenters. The van der Waals surface area contributed by atoms with Gasteiger partial charge in [-0.25, -0.2) is 4.98 Å². The lowest BCUT2D eigenvalue weighted by atomic mass is 9.79. The third kappa shape index (κ3) is 2.43. The molecule has 0 spiro atoms. The van der Waals surface area contributed by atoms with Gasteiger partial charge in [0.2, 0.25) is 0 Å². The fourth-order valence-electron chi connectivity index (χ4n) is 3.25. The van der Waals surface area contributed by atoms with Crippen molar-refractivity contribution in [1.82, 2.24) is 9.55 Å². The van der Waals surface area contributed by atoms with E-state index < -0.39 is 0 Å². The zero-order chi connectivity index (χ0) is 13.2. The second-order valence-corrected chi connectivity index (χ2v) is 5.56. The van der Waals surface area contributed by atoms with Gasteiger partial charge in [0.15, 0.2) is 0 Å². The van der Waals surface area contributed by atoms with Gasteiger partial charge in [-0.15, -0.1) is 0 Å². The van der Waals surface area contributed by atoms with Gasteiger partial charge >= 0.3 is 0 Å². The molecule has 0 saturated heterocycles. The minimum atomic E-state index is 0.0728. The van der Waals surface area contributed by atoms with Crippen molar-refractivity contribution in [2.45, 2.75) is 37.6 Å². The highest BCUT2D eigenvalue weighted by Gasteiger charge is 2.23. The van der Waals surface area contributed by atoms with Crippen LogP contribution in [0.4, 0.5) is 0 Å². The van der Waals surface area contributed by atoms with Gasteiger partial charge in [-0.2, -0.15) is 0 Å². The Bertz CT molecular complexity index is 559. The van der Waals surface area contributed by atoms with Crippen LogP contribution in [0.25, 0.3) is 0 Å². The number of aromatic nitrogens is 2. The summed E-state index contributed by atoms with van der Waals surface area (Å²) in [4.78, 5) is 4.16. The Balaban J connectivity index is 1.80. The normalized spacial score (nSPS) is 20.0. The molecule has 0 radical (unpaired) electrons. The van der Waals surface area contributed by atoms with E-state index in [2.05, 4.69) is 29.2 Å². The fourth-order valence-corrected chi connectivity index (χ4v) is 3.25. The van der Waals surface area contributed by atoms with E-state index in [9.17, 15) is 0 Å². The van der Waals surface area contributed by atoms with Crippen LogP contribution < -0.4 is 5.73 Å². The van der Waals surface area contributed by atoms with Crippen molar-refractivity contribution in [3.05, 3.63) is 53.6 Å². The van der Waals surface area contributed by atoms with Gasteiger partial charge in [-0.05, 0) is 42.7 Å². The summed E-state index contributed by atoms with van der Waals surface area (Å²) < 4.78 is 2.03. The zero-order valence-electron chi connectivity index (χ0n) is 11.4. The summed E-state index contributed by atoms with van der Waals surface area (Å²) in [6.07, 6.45) is 8.47. The Labute approximate surface area is 114 Å². The standard InChI is InChI=1S/C16H21N3/c1-19-11-18-10-16(19)15(17)9-13-7-4-6-12-5-2-3-8-14(12)13/h2-3,5,8,10-11,13,15H,4,6-7,9,17H2,1H3. The highest BCUT2D eigenvalue weighted by Crippen LogP contribution is 2.36. The molecule has 1 aliphatic rings. The lowest BCUT2D eigenvalue weighted by Gasteiger charge is -2.27. The smallest absolute Gasteiger partial charge is 0.0946 e. The third-order valence-electron chi connectivity index (χ3n) is 4.27. The van der Waals surface area contributed by atoms with Crippen LogP contribution >= 0.6 is 0 Å². The van der Waals surface area contributed by atoms with Crippen molar-refractivity contribution >= 4 is 0 Å². The van der Waals surface area contributed by atoms with Crippen molar-refractivity contribution in [3.8, 4) is 0 Å².